The standard InChI is InChI=1S/C15H12F3NO3S/c16-12-2-1-3-13(10-12)19-23(20,21)9-8-11-4-6-14(7-5-11)22-15(17)18/h1-10,15,19H/b9-8+. The lowest BCUT2D eigenvalue weighted by molar-refractivity contribution is -0.0498. The molecular weight excluding hydrogens is 331 g/mol. The van der Waals surface area contributed by atoms with E-state index in [0.29, 0.717) is 5.56 Å². The van der Waals surface area contributed by atoms with E-state index >= 15 is 0 Å². The van der Waals surface area contributed by atoms with E-state index in [2.05, 4.69) is 9.46 Å². The second-order valence-electron chi connectivity index (χ2n) is 4.41. The van der Waals surface area contributed by atoms with Crippen LogP contribution in [0.1, 0.15) is 5.56 Å². The van der Waals surface area contributed by atoms with Crippen LogP contribution in [0.2, 0.25) is 0 Å². The van der Waals surface area contributed by atoms with E-state index in [9.17, 15) is 21.6 Å². The fourth-order valence-electron chi connectivity index (χ4n) is 1.68. The molecule has 4 nitrogen and oxygen atoms in total. The van der Waals surface area contributed by atoms with Gasteiger partial charge in [0.25, 0.3) is 10.0 Å². The van der Waals surface area contributed by atoms with Crippen LogP contribution >= 0.6 is 0 Å². The van der Waals surface area contributed by atoms with E-state index in [0.717, 1.165) is 11.5 Å². The zero-order valence-electron chi connectivity index (χ0n) is 11.6. The summed E-state index contributed by atoms with van der Waals surface area (Å²) in [5.74, 6) is -0.596. The van der Waals surface area contributed by atoms with Gasteiger partial charge in [-0.05, 0) is 42.0 Å². The maximum atomic E-state index is 13.0. The molecule has 122 valence electrons. The third kappa shape index (κ3) is 5.67. The second kappa shape index (κ2) is 7.19. The summed E-state index contributed by atoms with van der Waals surface area (Å²) in [6, 6.07) is 10.4. The van der Waals surface area contributed by atoms with Crippen molar-refractivity contribution in [3.8, 4) is 5.75 Å². The van der Waals surface area contributed by atoms with Gasteiger partial charge in [0, 0.05) is 0 Å². The summed E-state index contributed by atoms with van der Waals surface area (Å²) >= 11 is 0. The van der Waals surface area contributed by atoms with E-state index in [1.165, 1.54) is 48.5 Å². The highest BCUT2D eigenvalue weighted by Crippen LogP contribution is 2.17. The number of nitrogens with one attached hydrogen (secondary N) is 1. The first kappa shape index (κ1) is 16.9. The van der Waals surface area contributed by atoms with Crippen LogP contribution in [0.4, 0.5) is 18.9 Å². The van der Waals surface area contributed by atoms with Crippen molar-refractivity contribution in [2.75, 3.05) is 4.72 Å². The number of anilines is 1. The molecule has 1 N–H and O–H groups in total. The molecule has 0 fully saturated rings. The third-order valence-electron chi connectivity index (χ3n) is 2.63. The van der Waals surface area contributed by atoms with Crippen LogP contribution in [0.15, 0.2) is 53.9 Å². The van der Waals surface area contributed by atoms with Crippen molar-refractivity contribution in [3.05, 3.63) is 65.3 Å². The molecule has 0 spiro atoms. The van der Waals surface area contributed by atoms with E-state index < -0.39 is 22.5 Å². The smallest absolute Gasteiger partial charge is 0.387 e. The number of hydrogen-bond acceptors (Lipinski definition) is 3. The molecule has 0 aromatic heterocycles. The lowest BCUT2D eigenvalue weighted by Gasteiger charge is -2.05. The normalized spacial score (nSPS) is 11.8. The molecule has 0 amide bonds. The predicted octanol–water partition coefficient (Wildman–Crippen LogP) is 3.84. The van der Waals surface area contributed by atoms with E-state index in [1.54, 1.807) is 0 Å². The first-order valence-electron chi connectivity index (χ1n) is 6.35. The minimum Gasteiger partial charge on any atom is -0.435 e. The summed E-state index contributed by atoms with van der Waals surface area (Å²) in [7, 11) is -3.83. The summed E-state index contributed by atoms with van der Waals surface area (Å²) in [6.07, 6.45) is 1.27. The Morgan fingerprint density at radius 2 is 1.78 bits per heavy atom. The fourth-order valence-corrected chi connectivity index (χ4v) is 2.54. The first-order chi connectivity index (χ1) is 10.8. The van der Waals surface area contributed by atoms with Gasteiger partial charge in [-0.2, -0.15) is 8.78 Å². The molecule has 0 saturated heterocycles. The number of ether oxygens (including phenoxy) is 1. The summed E-state index contributed by atoms with van der Waals surface area (Å²) in [5, 5.41) is 0.890. The molecule has 2 aromatic rings. The quantitative estimate of drug-likeness (QED) is 0.867. The first-order valence-corrected chi connectivity index (χ1v) is 7.90. The molecule has 2 aromatic carbocycles. The maximum Gasteiger partial charge on any atom is 0.387 e. The molecule has 0 aliphatic carbocycles. The van der Waals surface area contributed by atoms with Crippen molar-refractivity contribution in [3.63, 3.8) is 0 Å². The number of sulfonamides is 1. The van der Waals surface area contributed by atoms with Gasteiger partial charge in [-0.15, -0.1) is 0 Å². The molecule has 0 saturated carbocycles. The van der Waals surface area contributed by atoms with Crippen molar-refractivity contribution < 1.29 is 26.3 Å². The van der Waals surface area contributed by atoms with Crippen LogP contribution in [-0.2, 0) is 10.0 Å². The maximum absolute atomic E-state index is 13.0. The van der Waals surface area contributed by atoms with Gasteiger partial charge in [-0.25, -0.2) is 12.8 Å². The average Bonchev–Trinajstić information content (AvgIpc) is 2.45. The molecular formula is C15H12F3NO3S. The molecule has 0 radical (unpaired) electrons. The number of alkyl halides is 2. The lowest BCUT2D eigenvalue weighted by Crippen LogP contribution is -2.08. The molecule has 0 atom stereocenters. The van der Waals surface area contributed by atoms with Crippen LogP contribution < -0.4 is 9.46 Å². The summed E-state index contributed by atoms with van der Waals surface area (Å²) < 4.78 is 67.1. The summed E-state index contributed by atoms with van der Waals surface area (Å²) in [4.78, 5) is 0. The lowest BCUT2D eigenvalue weighted by atomic mass is 10.2. The number of halogens is 3. The van der Waals surface area contributed by atoms with Crippen molar-refractivity contribution in [2.24, 2.45) is 0 Å². The van der Waals surface area contributed by atoms with Gasteiger partial charge >= 0.3 is 6.61 Å². The molecule has 8 heteroatoms. The number of hydrogen-bond donors (Lipinski definition) is 1. The Bertz CT molecular complexity index is 790. The molecule has 2 rings (SSSR count). The monoisotopic (exact) mass is 343 g/mol. The van der Waals surface area contributed by atoms with E-state index in [4.69, 9.17) is 0 Å². The van der Waals surface area contributed by atoms with Gasteiger partial charge < -0.3 is 4.74 Å². The van der Waals surface area contributed by atoms with Gasteiger partial charge in [0.1, 0.15) is 11.6 Å². The Kier molecular flexibility index (Phi) is 5.28. The summed E-state index contributed by atoms with van der Waals surface area (Å²) in [5.41, 5.74) is 0.562. The Morgan fingerprint density at radius 3 is 2.39 bits per heavy atom. The Labute approximate surface area is 131 Å². The van der Waals surface area contributed by atoms with Crippen LogP contribution in [0.25, 0.3) is 6.08 Å². The molecule has 0 aliphatic heterocycles. The minimum absolute atomic E-state index is 0.0297. The van der Waals surface area contributed by atoms with Crippen LogP contribution in [-0.4, -0.2) is 15.0 Å². The summed E-state index contributed by atoms with van der Waals surface area (Å²) in [6.45, 7) is -2.92. The van der Waals surface area contributed by atoms with Crippen LogP contribution in [0.3, 0.4) is 0 Å². The average molecular weight is 343 g/mol. The molecule has 23 heavy (non-hydrogen) atoms. The van der Waals surface area contributed by atoms with Crippen molar-refractivity contribution >= 4 is 21.8 Å². The van der Waals surface area contributed by atoms with E-state index in [-0.39, 0.29) is 11.4 Å². The van der Waals surface area contributed by atoms with Crippen molar-refractivity contribution in [1.29, 1.82) is 0 Å². The second-order valence-corrected chi connectivity index (χ2v) is 5.97. The molecule has 0 bridgehead atoms. The predicted molar refractivity (Wildman–Crippen MR) is 81.1 cm³/mol. The van der Waals surface area contributed by atoms with Gasteiger partial charge in [0.05, 0.1) is 11.1 Å². The van der Waals surface area contributed by atoms with Crippen molar-refractivity contribution in [1.82, 2.24) is 0 Å². The zero-order chi connectivity index (χ0) is 16.9. The Balaban J connectivity index is 2.06. The molecule has 0 unspecified atom stereocenters. The van der Waals surface area contributed by atoms with Gasteiger partial charge in [-0.1, -0.05) is 18.2 Å². The third-order valence-corrected chi connectivity index (χ3v) is 3.64. The Morgan fingerprint density at radius 1 is 1.09 bits per heavy atom. The largest absolute Gasteiger partial charge is 0.435 e. The zero-order valence-corrected chi connectivity index (χ0v) is 12.4. The minimum atomic E-state index is -3.83. The SMILES string of the molecule is O=S(=O)(/C=C/c1ccc(OC(F)F)cc1)Nc1cccc(F)c1. The highest BCUT2D eigenvalue weighted by atomic mass is 32.2. The number of rotatable bonds is 6. The number of benzene rings is 2. The highest BCUT2D eigenvalue weighted by molar-refractivity contribution is 7.95. The molecule has 0 heterocycles. The van der Waals surface area contributed by atoms with Gasteiger partial charge in [0.2, 0.25) is 0 Å². The van der Waals surface area contributed by atoms with Gasteiger partial charge in [0.15, 0.2) is 0 Å². The Hall–Kier alpha value is -2.48. The van der Waals surface area contributed by atoms with E-state index in [1.807, 2.05) is 0 Å². The topological polar surface area (TPSA) is 55.4 Å². The molecule has 0 aliphatic rings. The van der Waals surface area contributed by atoms with Crippen LogP contribution in [0.5, 0.6) is 5.75 Å². The van der Waals surface area contributed by atoms with Gasteiger partial charge in [-0.3, -0.25) is 4.72 Å². The highest BCUT2D eigenvalue weighted by Gasteiger charge is 2.07. The van der Waals surface area contributed by atoms with Crippen LogP contribution in [0, 0.1) is 5.82 Å². The fraction of sp³-hybridized carbons (Fsp3) is 0.0667. The van der Waals surface area contributed by atoms with Crippen molar-refractivity contribution in [2.45, 2.75) is 6.61 Å².